The Kier molecular flexibility index (Phi) is 4.60. The first-order valence-corrected chi connectivity index (χ1v) is 7.27. The van der Waals surface area contributed by atoms with E-state index < -0.39 is 17.5 Å². The number of ether oxygens (including phenoxy) is 1. The van der Waals surface area contributed by atoms with E-state index in [1.54, 1.807) is 20.8 Å². The van der Waals surface area contributed by atoms with Crippen molar-refractivity contribution < 1.29 is 18.7 Å². The van der Waals surface area contributed by atoms with Crippen LogP contribution in [-0.2, 0) is 4.74 Å². The maximum absolute atomic E-state index is 13.0. The number of rotatable bonds is 2. The molecule has 1 N–H and O–H groups in total. The first-order valence-electron chi connectivity index (χ1n) is 6.89. The third kappa shape index (κ3) is 4.10. The molecule has 0 atom stereocenters. The quantitative estimate of drug-likeness (QED) is 0.908. The number of nitrogens with one attached hydrogen (secondary N) is 1. The van der Waals surface area contributed by atoms with Gasteiger partial charge in [0.1, 0.15) is 11.4 Å². The van der Waals surface area contributed by atoms with Gasteiger partial charge in [-0.2, -0.15) is 0 Å². The van der Waals surface area contributed by atoms with Gasteiger partial charge >= 0.3 is 6.09 Å². The molecule has 22 heavy (non-hydrogen) atoms. The van der Waals surface area contributed by atoms with E-state index in [0.29, 0.717) is 13.1 Å². The molecular formula is C15H18ClFN2O3. The van der Waals surface area contributed by atoms with Gasteiger partial charge in [-0.15, -0.1) is 0 Å². The summed E-state index contributed by atoms with van der Waals surface area (Å²) in [7, 11) is 0. The smallest absolute Gasteiger partial charge is 0.410 e. The minimum absolute atomic E-state index is 0.0563. The van der Waals surface area contributed by atoms with E-state index in [0.717, 1.165) is 6.07 Å². The van der Waals surface area contributed by atoms with Gasteiger partial charge in [0.15, 0.2) is 0 Å². The van der Waals surface area contributed by atoms with Crippen LogP contribution in [0.5, 0.6) is 0 Å². The molecule has 1 fully saturated rings. The number of likely N-dealkylation sites (tertiary alicyclic amines) is 1. The summed E-state index contributed by atoms with van der Waals surface area (Å²) in [5.41, 5.74) is -0.341. The van der Waals surface area contributed by atoms with Crippen LogP contribution in [0.15, 0.2) is 18.2 Å². The maximum atomic E-state index is 13.0. The molecule has 2 amide bonds. The molecule has 2 rings (SSSR count). The SMILES string of the molecule is CC(C)(C)OC(=O)N1CC(NC(=O)c2ccc(F)cc2Cl)C1. The molecule has 1 aliphatic rings. The van der Waals surface area contributed by atoms with Crippen molar-refractivity contribution in [3.63, 3.8) is 0 Å². The summed E-state index contributed by atoms with van der Waals surface area (Å²) in [6, 6.07) is 3.43. The second-order valence-corrected chi connectivity index (χ2v) is 6.59. The lowest BCUT2D eigenvalue weighted by Crippen LogP contribution is -2.61. The number of benzene rings is 1. The van der Waals surface area contributed by atoms with Crippen LogP contribution in [0, 0.1) is 5.82 Å². The minimum Gasteiger partial charge on any atom is -0.444 e. The van der Waals surface area contributed by atoms with Gasteiger partial charge < -0.3 is 15.0 Å². The molecule has 0 aliphatic carbocycles. The third-order valence-corrected chi connectivity index (χ3v) is 3.36. The molecule has 0 unspecified atom stereocenters. The number of carbonyl (C=O) groups is 2. The van der Waals surface area contributed by atoms with Crippen molar-refractivity contribution in [3.8, 4) is 0 Å². The topological polar surface area (TPSA) is 58.6 Å². The second kappa shape index (κ2) is 6.12. The molecule has 1 aromatic carbocycles. The summed E-state index contributed by atoms with van der Waals surface area (Å²) in [6.45, 7) is 6.13. The molecule has 1 aromatic rings. The highest BCUT2D eigenvalue weighted by molar-refractivity contribution is 6.33. The number of hydrogen-bond acceptors (Lipinski definition) is 3. The van der Waals surface area contributed by atoms with E-state index in [-0.39, 0.29) is 22.5 Å². The summed E-state index contributed by atoms with van der Waals surface area (Å²) in [5.74, 6) is -0.889. The van der Waals surface area contributed by atoms with Gasteiger partial charge in [0.2, 0.25) is 0 Å². The number of amides is 2. The summed E-state index contributed by atoms with van der Waals surface area (Å²) < 4.78 is 18.2. The molecule has 0 saturated carbocycles. The monoisotopic (exact) mass is 328 g/mol. The van der Waals surface area contributed by atoms with E-state index in [1.807, 2.05) is 0 Å². The van der Waals surface area contributed by atoms with E-state index in [1.165, 1.54) is 17.0 Å². The van der Waals surface area contributed by atoms with E-state index in [4.69, 9.17) is 16.3 Å². The molecule has 0 bridgehead atoms. The fourth-order valence-electron chi connectivity index (χ4n) is 1.98. The molecule has 0 aromatic heterocycles. The summed E-state index contributed by atoms with van der Waals surface area (Å²) in [6.07, 6.45) is -0.405. The molecule has 7 heteroatoms. The van der Waals surface area contributed by atoms with Crippen molar-refractivity contribution in [1.82, 2.24) is 10.2 Å². The van der Waals surface area contributed by atoms with Gasteiger partial charge in [0.05, 0.1) is 16.6 Å². The zero-order valence-electron chi connectivity index (χ0n) is 12.7. The maximum Gasteiger partial charge on any atom is 0.410 e. The van der Waals surface area contributed by atoms with Gasteiger partial charge in [-0.25, -0.2) is 9.18 Å². The second-order valence-electron chi connectivity index (χ2n) is 6.18. The van der Waals surface area contributed by atoms with Crippen LogP contribution in [-0.4, -0.2) is 41.6 Å². The number of nitrogens with zero attached hydrogens (tertiary/aromatic N) is 1. The lowest BCUT2D eigenvalue weighted by Gasteiger charge is -2.40. The van der Waals surface area contributed by atoms with Crippen molar-refractivity contribution in [2.75, 3.05) is 13.1 Å². The molecule has 1 heterocycles. The Hall–Kier alpha value is -1.82. The fraction of sp³-hybridized carbons (Fsp3) is 0.467. The Labute approximate surface area is 133 Å². The zero-order chi connectivity index (χ0) is 16.5. The average molecular weight is 329 g/mol. The summed E-state index contributed by atoms with van der Waals surface area (Å²) in [5, 5.41) is 2.80. The highest BCUT2D eigenvalue weighted by Gasteiger charge is 2.34. The number of carbonyl (C=O) groups excluding carboxylic acids is 2. The van der Waals surface area contributed by atoms with Crippen LogP contribution in [0.25, 0.3) is 0 Å². The summed E-state index contributed by atoms with van der Waals surface area (Å²) >= 11 is 5.84. The lowest BCUT2D eigenvalue weighted by molar-refractivity contribution is 0.00533. The summed E-state index contributed by atoms with van der Waals surface area (Å²) in [4.78, 5) is 25.3. The zero-order valence-corrected chi connectivity index (χ0v) is 13.4. The predicted octanol–water partition coefficient (Wildman–Crippen LogP) is 2.83. The van der Waals surface area contributed by atoms with Crippen molar-refractivity contribution in [2.24, 2.45) is 0 Å². The molecule has 1 aliphatic heterocycles. The molecule has 0 spiro atoms. The van der Waals surface area contributed by atoms with Gasteiger partial charge in [-0.05, 0) is 39.0 Å². The largest absolute Gasteiger partial charge is 0.444 e. The Morgan fingerprint density at radius 2 is 2.00 bits per heavy atom. The Balaban J connectivity index is 1.85. The predicted molar refractivity (Wildman–Crippen MR) is 80.5 cm³/mol. The number of halogens is 2. The molecule has 1 saturated heterocycles. The first-order chi connectivity index (χ1) is 10.2. The molecular weight excluding hydrogens is 311 g/mol. The normalized spacial score (nSPS) is 15.2. The van der Waals surface area contributed by atoms with Gasteiger partial charge in [0.25, 0.3) is 5.91 Å². The third-order valence-electron chi connectivity index (χ3n) is 3.04. The van der Waals surface area contributed by atoms with Gasteiger partial charge in [-0.1, -0.05) is 11.6 Å². The Morgan fingerprint density at radius 3 is 2.55 bits per heavy atom. The number of hydrogen-bond donors (Lipinski definition) is 1. The molecule has 5 nitrogen and oxygen atoms in total. The van der Waals surface area contributed by atoms with Crippen molar-refractivity contribution in [2.45, 2.75) is 32.4 Å². The van der Waals surface area contributed by atoms with Gasteiger partial charge in [0, 0.05) is 13.1 Å². The van der Waals surface area contributed by atoms with Gasteiger partial charge in [-0.3, -0.25) is 4.79 Å². The average Bonchev–Trinajstić information content (AvgIpc) is 2.30. The van der Waals surface area contributed by atoms with Crippen LogP contribution in [0.4, 0.5) is 9.18 Å². The molecule has 0 radical (unpaired) electrons. The minimum atomic E-state index is -0.549. The molecule has 120 valence electrons. The Morgan fingerprint density at radius 1 is 1.36 bits per heavy atom. The van der Waals surface area contributed by atoms with Crippen LogP contribution in [0.1, 0.15) is 31.1 Å². The standard InChI is InChI=1S/C15H18ClFN2O3/c1-15(2,3)22-14(21)19-7-10(8-19)18-13(20)11-5-4-9(17)6-12(11)16/h4-6,10H,7-8H2,1-3H3,(H,18,20). The highest BCUT2D eigenvalue weighted by Crippen LogP contribution is 2.19. The van der Waals surface area contributed by atoms with Crippen LogP contribution in [0.3, 0.4) is 0 Å². The lowest BCUT2D eigenvalue weighted by atomic mass is 10.1. The van der Waals surface area contributed by atoms with E-state index >= 15 is 0 Å². The van der Waals surface area contributed by atoms with E-state index in [9.17, 15) is 14.0 Å². The van der Waals surface area contributed by atoms with Crippen molar-refractivity contribution >= 4 is 23.6 Å². The van der Waals surface area contributed by atoms with Crippen LogP contribution < -0.4 is 5.32 Å². The Bertz CT molecular complexity index is 595. The van der Waals surface area contributed by atoms with Crippen LogP contribution in [0.2, 0.25) is 5.02 Å². The van der Waals surface area contributed by atoms with Crippen molar-refractivity contribution in [3.05, 3.63) is 34.6 Å². The first kappa shape index (κ1) is 16.5. The van der Waals surface area contributed by atoms with E-state index in [2.05, 4.69) is 5.32 Å². The van der Waals surface area contributed by atoms with Crippen molar-refractivity contribution in [1.29, 1.82) is 0 Å². The van der Waals surface area contributed by atoms with Crippen LogP contribution >= 0.6 is 11.6 Å². The highest BCUT2D eigenvalue weighted by atomic mass is 35.5. The fourth-order valence-corrected chi connectivity index (χ4v) is 2.24.